The molecule has 15 atom stereocenters. The molecular weight excluding hydrogens is 855 g/mol. The van der Waals surface area contributed by atoms with Crippen molar-refractivity contribution in [2.75, 3.05) is 45.8 Å². The summed E-state index contributed by atoms with van der Waals surface area (Å²) in [5, 5.41) is 3.50. The van der Waals surface area contributed by atoms with Gasteiger partial charge in [-0.3, -0.25) is 24.5 Å². The first-order chi connectivity index (χ1) is 33.5. The predicted octanol–water partition coefficient (Wildman–Crippen LogP) is 12.8. The Hall–Kier alpha value is -0.280. The van der Waals surface area contributed by atoms with Gasteiger partial charge in [-0.1, -0.05) is 19.3 Å². The Bertz CT molecular complexity index is 1560. The van der Waals surface area contributed by atoms with Crippen LogP contribution in [-0.2, 0) is 0 Å². The number of piperidine rings is 3. The summed E-state index contributed by atoms with van der Waals surface area (Å²) in [5.74, 6) is 7.55. The summed E-state index contributed by atoms with van der Waals surface area (Å²) in [6, 6.07) is 11.1. The van der Waals surface area contributed by atoms with Crippen LogP contribution in [0.2, 0.25) is 0 Å². The van der Waals surface area contributed by atoms with Gasteiger partial charge < -0.3 is 10.2 Å². The highest BCUT2D eigenvalue weighted by Crippen LogP contribution is 2.71. The lowest BCUT2D eigenvalue weighted by Gasteiger charge is -2.48. The summed E-state index contributed by atoms with van der Waals surface area (Å²) < 4.78 is 0. The van der Waals surface area contributed by atoms with Crippen molar-refractivity contribution >= 4 is 0 Å². The Kier molecular flexibility index (Phi) is 18.6. The second kappa shape index (κ2) is 23.9. The SMILES string of the molecule is CC(C)N1C2CCCC1CC2.CC(C)N1CC2CC1CN2.CC(C)N1CC2CC3CC4CC1CC34C2.CC(C)N1CC2CCC(C2)C1.CC(C)N1CC2CCCC1C2.CC(C)N1CC2CCCC1CC2. The molecule has 1 N–H and O–H groups in total. The van der Waals surface area contributed by atoms with Gasteiger partial charge in [0.05, 0.1) is 0 Å². The Labute approximate surface area is 434 Å². The summed E-state index contributed by atoms with van der Waals surface area (Å²) >= 11 is 0. The lowest BCUT2D eigenvalue weighted by atomic mass is 9.56. The van der Waals surface area contributed by atoms with E-state index in [0.717, 1.165) is 125 Å². The van der Waals surface area contributed by atoms with Crippen molar-refractivity contribution in [2.24, 2.45) is 46.8 Å². The fourth-order valence-electron chi connectivity index (χ4n) is 19.4. The van der Waals surface area contributed by atoms with Crippen LogP contribution >= 0.6 is 0 Å². The molecule has 404 valence electrons. The lowest BCUT2D eigenvalue weighted by molar-refractivity contribution is 0.00285. The molecule has 15 unspecified atom stereocenters. The molecular formula is C63H117N7. The highest BCUT2D eigenvalue weighted by Gasteiger charge is 2.66. The van der Waals surface area contributed by atoms with Crippen molar-refractivity contribution in [1.29, 1.82) is 0 Å². The molecule has 1 spiro atoms. The number of rotatable bonds is 6. The van der Waals surface area contributed by atoms with Crippen molar-refractivity contribution in [3.63, 3.8) is 0 Å². The van der Waals surface area contributed by atoms with Gasteiger partial charge in [0, 0.05) is 124 Å². The zero-order chi connectivity index (χ0) is 49.4. The first kappa shape index (κ1) is 54.5. The molecule has 0 aromatic rings. The van der Waals surface area contributed by atoms with Crippen LogP contribution in [0, 0.1) is 46.8 Å². The van der Waals surface area contributed by atoms with Crippen LogP contribution in [0.15, 0.2) is 0 Å². The number of nitrogens with zero attached hydrogens (tertiary/aromatic N) is 6. The molecule has 70 heavy (non-hydrogen) atoms. The molecule has 9 heterocycles. The lowest BCUT2D eigenvalue weighted by Crippen LogP contribution is -2.46. The van der Waals surface area contributed by atoms with Gasteiger partial charge in [-0.2, -0.15) is 0 Å². The molecule has 7 nitrogen and oxygen atoms in total. The minimum absolute atomic E-state index is 0.747. The first-order valence-electron chi connectivity index (χ1n) is 31.8. The number of likely N-dealkylation sites (tertiary alicyclic amines) is 4. The first-order valence-corrected chi connectivity index (χ1v) is 31.8. The van der Waals surface area contributed by atoms with Crippen LogP contribution in [0.1, 0.15) is 231 Å². The van der Waals surface area contributed by atoms with Gasteiger partial charge in [0.1, 0.15) is 0 Å². The zero-order valence-electron chi connectivity index (χ0n) is 48.4. The average Bonchev–Trinajstić information content (AvgIpc) is 4.17. The van der Waals surface area contributed by atoms with E-state index in [9.17, 15) is 0 Å². The number of piperazine rings is 1. The summed E-state index contributed by atoms with van der Waals surface area (Å²) in [4.78, 5) is 16.3. The Morgan fingerprint density at radius 1 is 0.343 bits per heavy atom. The number of hydrogen-bond acceptors (Lipinski definition) is 7. The molecule has 13 bridgehead atoms. The van der Waals surface area contributed by atoms with Gasteiger partial charge in [0.25, 0.3) is 0 Å². The fraction of sp³-hybridized carbons (Fsp3) is 1.00. The monoisotopic (exact) mass is 972 g/mol. The average molecular weight is 973 g/mol. The maximum atomic E-state index is 3.50. The fourth-order valence-corrected chi connectivity index (χ4v) is 19.4. The van der Waals surface area contributed by atoms with Crippen molar-refractivity contribution in [3.8, 4) is 0 Å². The quantitative estimate of drug-likeness (QED) is 0.284. The molecule has 15 aliphatic rings. The van der Waals surface area contributed by atoms with Crippen LogP contribution < -0.4 is 5.32 Å². The van der Waals surface area contributed by atoms with E-state index >= 15 is 0 Å². The molecule has 0 aromatic carbocycles. The largest absolute Gasteiger partial charge is 0.311 e. The maximum Gasteiger partial charge on any atom is 0.0239 e. The minimum atomic E-state index is 0.747. The van der Waals surface area contributed by atoms with Crippen LogP contribution in [0.3, 0.4) is 0 Å². The third-order valence-electron chi connectivity index (χ3n) is 22.7. The Balaban J connectivity index is 0.000000105. The Morgan fingerprint density at radius 3 is 1.40 bits per heavy atom. The van der Waals surface area contributed by atoms with Crippen molar-refractivity contribution in [3.05, 3.63) is 0 Å². The van der Waals surface area contributed by atoms with Crippen molar-refractivity contribution < 1.29 is 0 Å². The summed E-state index contributed by atoms with van der Waals surface area (Å²) in [7, 11) is 0. The number of hydrogen-bond donors (Lipinski definition) is 1. The minimum Gasteiger partial charge on any atom is -0.311 e. The van der Waals surface area contributed by atoms with Gasteiger partial charge in [0.15, 0.2) is 0 Å². The smallest absolute Gasteiger partial charge is 0.0239 e. The van der Waals surface area contributed by atoms with E-state index in [-0.39, 0.29) is 0 Å². The van der Waals surface area contributed by atoms with Gasteiger partial charge in [-0.25, -0.2) is 0 Å². The third kappa shape index (κ3) is 12.4. The zero-order valence-corrected chi connectivity index (χ0v) is 48.4. The highest BCUT2D eigenvalue weighted by atomic mass is 15.3. The summed E-state index contributed by atoms with van der Waals surface area (Å²) in [5.41, 5.74) is 0.874. The topological polar surface area (TPSA) is 31.5 Å². The molecule has 15 fully saturated rings. The van der Waals surface area contributed by atoms with E-state index in [1.807, 2.05) is 0 Å². The van der Waals surface area contributed by atoms with Gasteiger partial charge in [0.2, 0.25) is 0 Å². The predicted molar refractivity (Wildman–Crippen MR) is 299 cm³/mol. The Morgan fingerprint density at radius 2 is 0.843 bits per heavy atom. The van der Waals surface area contributed by atoms with Gasteiger partial charge in [-0.15, -0.1) is 0 Å². The molecule has 6 saturated carbocycles. The van der Waals surface area contributed by atoms with Gasteiger partial charge in [-0.05, 0) is 258 Å². The normalized spacial score (nSPS) is 42.4. The second-order valence-corrected chi connectivity index (χ2v) is 29.1. The van der Waals surface area contributed by atoms with Crippen LogP contribution in [0.4, 0.5) is 0 Å². The molecule has 6 aliphatic carbocycles. The van der Waals surface area contributed by atoms with E-state index in [1.165, 1.54) is 161 Å². The van der Waals surface area contributed by atoms with Crippen molar-refractivity contribution in [1.82, 2.24) is 34.7 Å². The second-order valence-electron chi connectivity index (χ2n) is 29.1. The van der Waals surface area contributed by atoms with E-state index in [0.29, 0.717) is 0 Å². The maximum absolute atomic E-state index is 3.50. The molecule has 15 rings (SSSR count). The summed E-state index contributed by atoms with van der Waals surface area (Å²) in [6.45, 7) is 37.6. The number of nitrogens with one attached hydrogen (secondary N) is 1. The third-order valence-corrected chi connectivity index (χ3v) is 22.7. The van der Waals surface area contributed by atoms with E-state index < -0.39 is 0 Å². The molecule has 7 heteroatoms. The van der Waals surface area contributed by atoms with Crippen LogP contribution in [0.25, 0.3) is 0 Å². The standard InChI is InChI=1S/C14H23N.C11H21N.3C10H19N.C8H16N2/c1-9(2)15-8-10-3-11-4-12-5-13(15)7-14(11,12)6-10;1-9(2)12-8-10-4-3-5-11(12)7-6-10;1-8(2)11-6-9-3-4-10(5-9)7-11;1-8(2)11-7-9-4-3-5-10(11)6-9;1-8(2)11-9-4-3-5-10(11)7-6-9;1-6(2)10-5-7-3-8(10)4-9-7/h9-13H,3-8H2,1-2H3;9-11H,3-8H2,1-2H3;3*8-10H,3-7H2,1-2H3;6-9H,3-5H2,1-2H3. The van der Waals surface area contributed by atoms with Crippen LogP contribution in [-0.4, -0.2) is 154 Å². The van der Waals surface area contributed by atoms with Crippen molar-refractivity contribution in [2.45, 2.75) is 309 Å². The molecule has 0 amide bonds. The van der Waals surface area contributed by atoms with Crippen LogP contribution in [0.5, 0.6) is 0 Å². The summed E-state index contributed by atoms with van der Waals surface area (Å²) in [6.07, 6.45) is 34.6. The van der Waals surface area contributed by atoms with E-state index in [4.69, 9.17) is 0 Å². The molecule has 0 radical (unpaired) electrons. The van der Waals surface area contributed by atoms with Gasteiger partial charge >= 0.3 is 0 Å². The molecule has 0 aromatic heterocycles. The van der Waals surface area contributed by atoms with E-state index in [2.05, 4.69) is 118 Å². The molecule has 9 saturated heterocycles. The number of fused-ring (bicyclic) bond motifs is 14. The molecule has 9 aliphatic heterocycles. The highest BCUT2D eigenvalue weighted by molar-refractivity contribution is 5.16. The van der Waals surface area contributed by atoms with E-state index in [1.54, 1.807) is 32.1 Å².